The predicted octanol–water partition coefficient (Wildman–Crippen LogP) is 0.336. The van der Waals surface area contributed by atoms with Crippen LogP contribution in [0.4, 0.5) is 0 Å². The van der Waals surface area contributed by atoms with E-state index in [1.807, 2.05) is 12.3 Å². The molecule has 5 nitrogen and oxygen atoms in total. The number of carboxylic acid groups (broad SMARTS) is 1. The Hall–Kier alpha value is -1.36. The average Bonchev–Trinajstić information content (AvgIpc) is 2.56. The lowest BCUT2D eigenvalue weighted by Gasteiger charge is -2.20. The summed E-state index contributed by atoms with van der Waals surface area (Å²) in [4.78, 5) is 10.7. The minimum atomic E-state index is -0.882. The summed E-state index contributed by atoms with van der Waals surface area (Å²) in [6, 6.07) is 1.84. The first-order valence-corrected chi connectivity index (χ1v) is 4.48. The van der Waals surface area contributed by atoms with E-state index in [1.165, 1.54) is 0 Å². The van der Waals surface area contributed by atoms with Gasteiger partial charge in [-0.3, -0.25) is 9.48 Å². The number of carbonyl (C=O) groups is 1. The Labute approximate surface area is 82.7 Å². The number of hydrogen-bond donors (Lipinski definition) is 2. The van der Waals surface area contributed by atoms with Crippen LogP contribution in [0.25, 0.3) is 0 Å². The molecule has 0 spiro atoms. The third kappa shape index (κ3) is 2.85. The Morgan fingerprint density at radius 1 is 1.64 bits per heavy atom. The Kier molecular flexibility index (Phi) is 3.24. The van der Waals surface area contributed by atoms with Crippen LogP contribution in [0.5, 0.6) is 0 Å². The van der Waals surface area contributed by atoms with E-state index in [-0.39, 0.29) is 0 Å². The topological polar surface area (TPSA) is 67.2 Å². The van der Waals surface area contributed by atoms with Gasteiger partial charge >= 0.3 is 5.97 Å². The molecular formula is C9H15N3O2. The van der Waals surface area contributed by atoms with Gasteiger partial charge in [-0.05, 0) is 19.9 Å². The van der Waals surface area contributed by atoms with E-state index in [0.29, 0.717) is 13.1 Å². The van der Waals surface area contributed by atoms with Crippen LogP contribution in [0.2, 0.25) is 0 Å². The zero-order valence-corrected chi connectivity index (χ0v) is 8.40. The molecule has 0 aliphatic carbocycles. The maximum atomic E-state index is 10.7. The van der Waals surface area contributed by atoms with Gasteiger partial charge in [0, 0.05) is 18.9 Å². The van der Waals surface area contributed by atoms with Crippen molar-refractivity contribution in [2.75, 3.05) is 6.54 Å². The standard InChI is InChI=1S/C9H15N3O2/c1-9(2,8(13)14)10-5-7-12-6-3-4-11-12/h3-4,6,10H,5,7H2,1-2H3,(H,13,14). The van der Waals surface area contributed by atoms with Crippen molar-refractivity contribution < 1.29 is 9.90 Å². The third-order valence-corrected chi connectivity index (χ3v) is 2.00. The van der Waals surface area contributed by atoms with Crippen LogP contribution in [-0.2, 0) is 11.3 Å². The van der Waals surface area contributed by atoms with Gasteiger partial charge in [-0.25, -0.2) is 0 Å². The lowest BCUT2D eigenvalue weighted by Crippen LogP contribution is -2.47. The number of aliphatic carboxylic acids is 1. The van der Waals surface area contributed by atoms with Crippen LogP contribution in [0.1, 0.15) is 13.8 Å². The van der Waals surface area contributed by atoms with Crippen molar-refractivity contribution >= 4 is 5.97 Å². The fourth-order valence-electron chi connectivity index (χ4n) is 0.991. The lowest BCUT2D eigenvalue weighted by atomic mass is 10.1. The second-order valence-electron chi connectivity index (χ2n) is 3.63. The molecule has 0 aromatic carbocycles. The molecule has 0 saturated carbocycles. The Bertz CT molecular complexity index is 293. The highest BCUT2D eigenvalue weighted by Crippen LogP contribution is 2.00. The number of hydrogen-bond acceptors (Lipinski definition) is 3. The quantitative estimate of drug-likeness (QED) is 0.714. The molecule has 14 heavy (non-hydrogen) atoms. The Morgan fingerprint density at radius 2 is 2.36 bits per heavy atom. The summed E-state index contributed by atoms with van der Waals surface area (Å²) in [5.41, 5.74) is -0.882. The highest BCUT2D eigenvalue weighted by atomic mass is 16.4. The van der Waals surface area contributed by atoms with Crippen LogP contribution in [0.15, 0.2) is 18.5 Å². The summed E-state index contributed by atoms with van der Waals surface area (Å²) in [6.07, 6.45) is 3.54. The molecule has 1 aromatic rings. The molecule has 2 N–H and O–H groups in total. The number of aromatic nitrogens is 2. The lowest BCUT2D eigenvalue weighted by molar-refractivity contribution is -0.143. The molecule has 78 valence electrons. The van der Waals surface area contributed by atoms with Crippen molar-refractivity contribution in [1.82, 2.24) is 15.1 Å². The zero-order chi connectivity index (χ0) is 10.6. The van der Waals surface area contributed by atoms with Crippen LogP contribution in [0.3, 0.4) is 0 Å². The molecule has 1 aromatic heterocycles. The molecule has 1 heterocycles. The molecule has 0 unspecified atom stereocenters. The van der Waals surface area contributed by atoms with Crippen LogP contribution in [0, 0.1) is 0 Å². The van der Waals surface area contributed by atoms with Gasteiger partial charge in [0.15, 0.2) is 0 Å². The van der Waals surface area contributed by atoms with Gasteiger partial charge in [0.25, 0.3) is 0 Å². The smallest absolute Gasteiger partial charge is 0.323 e. The van der Waals surface area contributed by atoms with Crippen molar-refractivity contribution in [2.45, 2.75) is 25.9 Å². The van der Waals surface area contributed by atoms with Gasteiger partial charge in [0.05, 0.1) is 6.54 Å². The Morgan fingerprint density at radius 3 is 2.86 bits per heavy atom. The number of nitrogens with one attached hydrogen (secondary N) is 1. The normalized spacial score (nSPS) is 11.6. The Balaban J connectivity index is 2.31. The molecule has 0 radical (unpaired) electrons. The first kappa shape index (κ1) is 10.7. The van der Waals surface area contributed by atoms with Crippen molar-refractivity contribution in [3.8, 4) is 0 Å². The molecule has 0 aliphatic heterocycles. The fourth-order valence-corrected chi connectivity index (χ4v) is 0.991. The second kappa shape index (κ2) is 4.23. The second-order valence-corrected chi connectivity index (χ2v) is 3.63. The summed E-state index contributed by atoms with van der Waals surface area (Å²) >= 11 is 0. The number of nitrogens with zero attached hydrogens (tertiary/aromatic N) is 2. The van der Waals surface area contributed by atoms with E-state index in [9.17, 15) is 4.79 Å². The van der Waals surface area contributed by atoms with E-state index in [0.717, 1.165) is 0 Å². The molecule has 0 amide bonds. The monoisotopic (exact) mass is 197 g/mol. The van der Waals surface area contributed by atoms with Crippen LogP contribution >= 0.6 is 0 Å². The van der Waals surface area contributed by atoms with Gasteiger partial charge in [-0.2, -0.15) is 5.10 Å². The summed E-state index contributed by atoms with van der Waals surface area (Å²) in [7, 11) is 0. The number of rotatable bonds is 5. The van der Waals surface area contributed by atoms with Gasteiger partial charge in [-0.1, -0.05) is 0 Å². The van der Waals surface area contributed by atoms with Crippen LogP contribution in [-0.4, -0.2) is 32.9 Å². The molecule has 0 bridgehead atoms. The van der Waals surface area contributed by atoms with E-state index >= 15 is 0 Å². The fraction of sp³-hybridized carbons (Fsp3) is 0.556. The van der Waals surface area contributed by atoms with Gasteiger partial charge in [-0.15, -0.1) is 0 Å². The first-order valence-electron chi connectivity index (χ1n) is 4.48. The van der Waals surface area contributed by atoms with Crippen molar-refractivity contribution in [1.29, 1.82) is 0 Å². The van der Waals surface area contributed by atoms with E-state index in [1.54, 1.807) is 24.7 Å². The number of carboxylic acids is 1. The zero-order valence-electron chi connectivity index (χ0n) is 8.40. The van der Waals surface area contributed by atoms with Crippen LogP contribution < -0.4 is 5.32 Å². The summed E-state index contributed by atoms with van der Waals surface area (Å²) in [6.45, 7) is 4.53. The minimum Gasteiger partial charge on any atom is -0.480 e. The van der Waals surface area contributed by atoms with Crippen molar-refractivity contribution in [3.05, 3.63) is 18.5 Å². The molecule has 0 fully saturated rings. The van der Waals surface area contributed by atoms with Crippen molar-refractivity contribution in [2.24, 2.45) is 0 Å². The predicted molar refractivity (Wildman–Crippen MR) is 51.9 cm³/mol. The molecule has 0 aliphatic rings. The molecule has 1 rings (SSSR count). The molecule has 5 heteroatoms. The summed E-state index contributed by atoms with van der Waals surface area (Å²) < 4.78 is 1.75. The van der Waals surface area contributed by atoms with Gasteiger partial charge < -0.3 is 10.4 Å². The SMILES string of the molecule is CC(C)(NCCn1cccn1)C(=O)O. The average molecular weight is 197 g/mol. The minimum absolute atomic E-state index is 0.584. The summed E-state index contributed by atoms with van der Waals surface area (Å²) in [5, 5.41) is 15.8. The third-order valence-electron chi connectivity index (χ3n) is 2.00. The molecular weight excluding hydrogens is 182 g/mol. The summed E-state index contributed by atoms with van der Waals surface area (Å²) in [5.74, 6) is -0.849. The maximum Gasteiger partial charge on any atom is 0.323 e. The highest BCUT2D eigenvalue weighted by molar-refractivity contribution is 5.77. The van der Waals surface area contributed by atoms with E-state index in [4.69, 9.17) is 5.11 Å². The van der Waals surface area contributed by atoms with Gasteiger partial charge in [0.1, 0.15) is 5.54 Å². The molecule has 0 atom stereocenters. The first-order chi connectivity index (χ1) is 6.52. The van der Waals surface area contributed by atoms with E-state index < -0.39 is 11.5 Å². The highest BCUT2D eigenvalue weighted by Gasteiger charge is 2.25. The molecule has 0 saturated heterocycles. The maximum absolute atomic E-state index is 10.7. The van der Waals surface area contributed by atoms with Gasteiger partial charge in [0.2, 0.25) is 0 Å². The van der Waals surface area contributed by atoms with E-state index in [2.05, 4.69) is 10.4 Å². The largest absolute Gasteiger partial charge is 0.480 e. The van der Waals surface area contributed by atoms with Crippen molar-refractivity contribution in [3.63, 3.8) is 0 Å².